The van der Waals surface area contributed by atoms with Crippen LogP contribution in [0.4, 0.5) is 11.4 Å². The summed E-state index contributed by atoms with van der Waals surface area (Å²) >= 11 is 11.2. The Bertz CT molecular complexity index is 638. The number of anilines is 2. The molecule has 3 N–H and O–H groups in total. The van der Waals surface area contributed by atoms with Gasteiger partial charge in [0.15, 0.2) is 0 Å². The van der Waals surface area contributed by atoms with Crippen LogP contribution >= 0.6 is 23.8 Å². The number of thiocarbonyl (C=S) groups is 1. The van der Waals surface area contributed by atoms with Crippen LogP contribution in [0.5, 0.6) is 0 Å². The van der Waals surface area contributed by atoms with E-state index in [1.807, 2.05) is 50.2 Å². The lowest BCUT2D eigenvalue weighted by Crippen LogP contribution is -2.12. The summed E-state index contributed by atoms with van der Waals surface area (Å²) in [5, 5.41) is 4.04. The molecule has 4 heteroatoms. The third kappa shape index (κ3) is 3.25. The van der Waals surface area contributed by atoms with E-state index in [-0.39, 0.29) is 0 Å². The fourth-order valence-corrected chi connectivity index (χ4v) is 2.16. The molecular weight excluding hydrogens is 276 g/mol. The second-order valence-electron chi connectivity index (χ2n) is 4.50. The van der Waals surface area contributed by atoms with Crippen molar-refractivity contribution in [2.75, 3.05) is 5.32 Å². The van der Waals surface area contributed by atoms with Gasteiger partial charge < -0.3 is 11.1 Å². The Balaban J connectivity index is 2.39. The lowest BCUT2D eigenvalue weighted by Gasteiger charge is -2.13. The predicted octanol–water partition coefficient (Wildman–Crippen LogP) is 4.33. The molecule has 0 heterocycles. The van der Waals surface area contributed by atoms with Crippen molar-refractivity contribution >= 4 is 40.2 Å². The minimum absolute atomic E-state index is 0.376. The molecule has 19 heavy (non-hydrogen) atoms. The van der Waals surface area contributed by atoms with Gasteiger partial charge in [-0.25, -0.2) is 0 Å². The number of hydrogen-bond acceptors (Lipinski definition) is 2. The van der Waals surface area contributed by atoms with Crippen molar-refractivity contribution in [1.82, 2.24) is 0 Å². The molecule has 98 valence electrons. The quantitative estimate of drug-likeness (QED) is 0.826. The minimum Gasteiger partial charge on any atom is -0.389 e. The summed E-state index contributed by atoms with van der Waals surface area (Å²) < 4.78 is 0. The summed E-state index contributed by atoms with van der Waals surface area (Å²) in [6.07, 6.45) is 0. The maximum Gasteiger partial charge on any atom is 0.106 e. The molecule has 0 aliphatic rings. The Kier molecular flexibility index (Phi) is 4.08. The van der Waals surface area contributed by atoms with Crippen molar-refractivity contribution in [3.63, 3.8) is 0 Å². The van der Waals surface area contributed by atoms with Crippen LogP contribution in [0.25, 0.3) is 0 Å². The van der Waals surface area contributed by atoms with Gasteiger partial charge >= 0.3 is 0 Å². The van der Waals surface area contributed by atoms with Gasteiger partial charge in [-0.3, -0.25) is 0 Å². The zero-order valence-electron chi connectivity index (χ0n) is 10.8. The summed E-state index contributed by atoms with van der Waals surface area (Å²) in [6.45, 7) is 4.00. The van der Waals surface area contributed by atoms with E-state index in [2.05, 4.69) is 5.32 Å². The maximum absolute atomic E-state index is 6.12. The van der Waals surface area contributed by atoms with E-state index < -0.39 is 0 Å². The normalized spacial score (nSPS) is 10.3. The zero-order chi connectivity index (χ0) is 14.0. The number of benzene rings is 2. The van der Waals surface area contributed by atoms with Gasteiger partial charge in [0.1, 0.15) is 4.99 Å². The van der Waals surface area contributed by atoms with E-state index in [1.165, 1.54) is 0 Å². The molecule has 0 saturated heterocycles. The van der Waals surface area contributed by atoms with E-state index in [4.69, 9.17) is 29.6 Å². The molecule has 0 spiro atoms. The first-order valence-electron chi connectivity index (χ1n) is 5.91. The third-order valence-corrected chi connectivity index (χ3v) is 3.52. The molecule has 0 bridgehead atoms. The molecule has 0 aliphatic carbocycles. The van der Waals surface area contributed by atoms with Crippen LogP contribution in [0.2, 0.25) is 5.02 Å². The van der Waals surface area contributed by atoms with Crippen molar-refractivity contribution in [3.8, 4) is 0 Å². The highest BCUT2D eigenvalue weighted by molar-refractivity contribution is 7.80. The maximum atomic E-state index is 6.12. The largest absolute Gasteiger partial charge is 0.389 e. The number of nitrogens with one attached hydrogen (secondary N) is 1. The Morgan fingerprint density at radius 1 is 1.16 bits per heavy atom. The molecule has 2 rings (SSSR count). The Labute approximate surface area is 123 Å². The van der Waals surface area contributed by atoms with Gasteiger partial charge in [-0.15, -0.1) is 0 Å². The summed E-state index contributed by atoms with van der Waals surface area (Å²) in [7, 11) is 0. The zero-order valence-corrected chi connectivity index (χ0v) is 12.4. The lowest BCUT2D eigenvalue weighted by atomic mass is 10.1. The predicted molar refractivity (Wildman–Crippen MR) is 86.5 cm³/mol. The first-order valence-corrected chi connectivity index (χ1v) is 6.69. The number of halogens is 1. The molecule has 0 atom stereocenters. The minimum atomic E-state index is 0.376. The highest BCUT2D eigenvalue weighted by atomic mass is 35.5. The van der Waals surface area contributed by atoms with Gasteiger partial charge in [-0.1, -0.05) is 36.0 Å². The van der Waals surface area contributed by atoms with Gasteiger partial charge in [0.05, 0.1) is 0 Å². The van der Waals surface area contributed by atoms with Gasteiger partial charge in [-0.05, 0) is 49.2 Å². The van der Waals surface area contributed by atoms with Gasteiger partial charge in [0, 0.05) is 22.0 Å². The van der Waals surface area contributed by atoms with Crippen LogP contribution in [0.15, 0.2) is 36.4 Å². The standard InChI is InChI=1S/C15H15ClN2S/c1-9-3-6-12(15(17)19)14(7-9)18-11-5-4-10(2)13(16)8-11/h3-8,18H,1-2H3,(H2,17,19). The van der Waals surface area contributed by atoms with Crippen molar-refractivity contribution < 1.29 is 0 Å². The van der Waals surface area contributed by atoms with Crippen molar-refractivity contribution in [2.24, 2.45) is 5.73 Å². The Hall–Kier alpha value is -1.58. The number of rotatable bonds is 3. The van der Waals surface area contributed by atoms with E-state index >= 15 is 0 Å². The fourth-order valence-electron chi connectivity index (χ4n) is 1.80. The van der Waals surface area contributed by atoms with Crippen LogP contribution in [0.3, 0.4) is 0 Å². The lowest BCUT2D eigenvalue weighted by molar-refractivity contribution is 1.42. The number of aryl methyl sites for hydroxylation is 2. The summed E-state index contributed by atoms with van der Waals surface area (Å²) in [6, 6.07) is 11.8. The fraction of sp³-hybridized carbons (Fsp3) is 0.133. The van der Waals surface area contributed by atoms with Crippen LogP contribution in [0.1, 0.15) is 16.7 Å². The Morgan fingerprint density at radius 3 is 2.53 bits per heavy atom. The molecule has 2 aromatic rings. The molecule has 0 aliphatic heterocycles. The van der Waals surface area contributed by atoms with E-state index in [9.17, 15) is 0 Å². The topological polar surface area (TPSA) is 38.0 Å². The molecule has 0 amide bonds. The highest BCUT2D eigenvalue weighted by Crippen LogP contribution is 2.26. The molecule has 2 nitrogen and oxygen atoms in total. The van der Waals surface area contributed by atoms with Crippen molar-refractivity contribution in [3.05, 3.63) is 58.1 Å². The molecule has 0 unspecified atom stereocenters. The summed E-state index contributed by atoms with van der Waals surface area (Å²) in [4.78, 5) is 0.376. The highest BCUT2D eigenvalue weighted by Gasteiger charge is 2.06. The molecule has 0 saturated carbocycles. The van der Waals surface area contributed by atoms with Crippen LogP contribution in [-0.2, 0) is 0 Å². The van der Waals surface area contributed by atoms with E-state index in [0.717, 1.165) is 33.1 Å². The van der Waals surface area contributed by atoms with Gasteiger partial charge in [-0.2, -0.15) is 0 Å². The average Bonchev–Trinajstić information content (AvgIpc) is 2.33. The molecule has 0 fully saturated rings. The van der Waals surface area contributed by atoms with Gasteiger partial charge in [0.25, 0.3) is 0 Å². The van der Waals surface area contributed by atoms with E-state index in [1.54, 1.807) is 0 Å². The van der Waals surface area contributed by atoms with Crippen molar-refractivity contribution in [2.45, 2.75) is 13.8 Å². The van der Waals surface area contributed by atoms with Crippen LogP contribution in [-0.4, -0.2) is 4.99 Å². The van der Waals surface area contributed by atoms with Gasteiger partial charge in [0.2, 0.25) is 0 Å². The third-order valence-electron chi connectivity index (χ3n) is 2.89. The SMILES string of the molecule is Cc1ccc(C(N)=S)c(Nc2ccc(C)c(Cl)c2)c1. The number of hydrogen-bond donors (Lipinski definition) is 2. The molecular formula is C15H15ClN2S. The first-order chi connectivity index (χ1) is 8.97. The monoisotopic (exact) mass is 290 g/mol. The molecule has 0 radical (unpaired) electrons. The van der Waals surface area contributed by atoms with Crippen LogP contribution in [0, 0.1) is 13.8 Å². The van der Waals surface area contributed by atoms with Crippen LogP contribution < -0.4 is 11.1 Å². The second kappa shape index (κ2) is 5.59. The second-order valence-corrected chi connectivity index (χ2v) is 5.35. The first kappa shape index (κ1) is 13.8. The van der Waals surface area contributed by atoms with Crippen molar-refractivity contribution in [1.29, 1.82) is 0 Å². The summed E-state index contributed by atoms with van der Waals surface area (Å²) in [5.41, 5.74) is 10.6. The molecule has 2 aromatic carbocycles. The smallest absolute Gasteiger partial charge is 0.106 e. The summed E-state index contributed by atoms with van der Waals surface area (Å²) in [5.74, 6) is 0. The Morgan fingerprint density at radius 2 is 1.89 bits per heavy atom. The van der Waals surface area contributed by atoms with E-state index in [0.29, 0.717) is 4.99 Å². The average molecular weight is 291 g/mol. The molecule has 0 aromatic heterocycles. The number of nitrogens with two attached hydrogens (primary N) is 1.